The second kappa shape index (κ2) is 24.7. The number of hydrogen-bond donors (Lipinski definition) is 0. The Hall–Kier alpha value is -0.260. The standard InChI is InChI=1S/C10H20.C7H14.2C3H8.C3H6/c1-8(2)10-6-4-5-9(3)7-10;1-7-5-3-2-4-6-7;3*1-3-2/h8-10H,4-7H2,1-3H3;7H,2-6H2,1H3;2*3H2,1-2H3;3H,1H2,2H3. The van der Waals surface area contributed by atoms with Crippen molar-refractivity contribution in [3.63, 3.8) is 0 Å². The van der Waals surface area contributed by atoms with Crippen LogP contribution >= 0.6 is 0 Å². The predicted molar refractivity (Wildman–Crippen MR) is 126 cm³/mol. The molecule has 2 unspecified atom stereocenters. The first kappa shape index (κ1) is 30.5. The van der Waals surface area contributed by atoms with Gasteiger partial charge in [-0.1, -0.05) is 126 Å². The molecule has 0 aromatic carbocycles. The van der Waals surface area contributed by atoms with Crippen LogP contribution in [-0.4, -0.2) is 0 Å². The maximum Gasteiger partial charge on any atom is -0.0389 e. The van der Waals surface area contributed by atoms with Gasteiger partial charge in [-0.05, 0) is 37.0 Å². The van der Waals surface area contributed by atoms with Gasteiger partial charge >= 0.3 is 0 Å². The van der Waals surface area contributed by atoms with Gasteiger partial charge in [-0.25, -0.2) is 0 Å². The molecular formula is C26H56. The summed E-state index contributed by atoms with van der Waals surface area (Å²) in [6, 6.07) is 0. The Bertz CT molecular complexity index is 232. The monoisotopic (exact) mass is 368 g/mol. The van der Waals surface area contributed by atoms with Gasteiger partial charge in [0.1, 0.15) is 0 Å². The first-order valence-corrected chi connectivity index (χ1v) is 11.9. The minimum Gasteiger partial charge on any atom is -0.103 e. The lowest BCUT2D eigenvalue weighted by molar-refractivity contribution is 0.226. The first-order chi connectivity index (χ1) is 12.3. The van der Waals surface area contributed by atoms with Gasteiger partial charge in [0.2, 0.25) is 0 Å². The Morgan fingerprint density at radius 3 is 1.38 bits per heavy atom. The maximum absolute atomic E-state index is 3.36. The highest BCUT2D eigenvalue weighted by atomic mass is 14.3. The summed E-state index contributed by atoms with van der Waals surface area (Å²) in [5.74, 6) is 3.99. The van der Waals surface area contributed by atoms with Crippen LogP contribution in [0, 0.1) is 23.7 Å². The Labute approximate surface area is 169 Å². The van der Waals surface area contributed by atoms with Crippen molar-refractivity contribution >= 4 is 0 Å². The molecule has 2 atom stereocenters. The van der Waals surface area contributed by atoms with E-state index in [1.54, 1.807) is 6.08 Å². The summed E-state index contributed by atoms with van der Waals surface area (Å²) in [5.41, 5.74) is 0. The SMILES string of the molecule is C=CC.CC1CCCC(C(C)C)C1.CC1CCCCC1.CCC.CCC. The highest BCUT2D eigenvalue weighted by Gasteiger charge is 2.20. The van der Waals surface area contributed by atoms with Crippen LogP contribution in [0.15, 0.2) is 12.7 Å². The number of rotatable bonds is 1. The van der Waals surface area contributed by atoms with Gasteiger partial charge in [-0.2, -0.15) is 0 Å². The van der Waals surface area contributed by atoms with Crippen molar-refractivity contribution in [2.24, 2.45) is 23.7 Å². The predicted octanol–water partition coefficient (Wildman–Crippen LogP) is 10.1. The molecule has 0 saturated heterocycles. The summed E-state index contributed by atoms with van der Waals surface area (Å²) in [6.07, 6.45) is 17.6. The topological polar surface area (TPSA) is 0 Å². The second-order valence-corrected chi connectivity index (χ2v) is 8.84. The van der Waals surface area contributed by atoms with Gasteiger partial charge in [0.05, 0.1) is 0 Å². The molecule has 160 valence electrons. The quantitative estimate of drug-likeness (QED) is 0.404. The maximum atomic E-state index is 3.36. The van der Waals surface area contributed by atoms with Gasteiger partial charge in [0.15, 0.2) is 0 Å². The van der Waals surface area contributed by atoms with Crippen LogP contribution in [0.1, 0.15) is 133 Å². The molecule has 0 amide bonds. The molecule has 0 spiro atoms. The number of allylic oxidation sites excluding steroid dienone is 1. The Kier molecular flexibility index (Phi) is 29.0. The average Bonchev–Trinajstić information content (AvgIpc) is 2.58. The lowest BCUT2D eigenvalue weighted by Crippen LogP contribution is -2.17. The highest BCUT2D eigenvalue weighted by molar-refractivity contribution is 4.72. The smallest absolute Gasteiger partial charge is 0.0389 e. The van der Waals surface area contributed by atoms with Crippen LogP contribution in [0.25, 0.3) is 0 Å². The molecule has 2 saturated carbocycles. The molecule has 0 bridgehead atoms. The lowest BCUT2D eigenvalue weighted by Gasteiger charge is -2.29. The van der Waals surface area contributed by atoms with Crippen molar-refractivity contribution < 1.29 is 0 Å². The summed E-state index contributed by atoms with van der Waals surface area (Å²) < 4.78 is 0. The van der Waals surface area contributed by atoms with Crippen molar-refractivity contribution in [1.82, 2.24) is 0 Å². The van der Waals surface area contributed by atoms with Crippen LogP contribution in [0.2, 0.25) is 0 Å². The number of hydrogen-bond acceptors (Lipinski definition) is 0. The minimum absolute atomic E-state index is 0.919. The summed E-state index contributed by atoms with van der Waals surface area (Å²) in [5, 5.41) is 0. The summed E-state index contributed by atoms with van der Waals surface area (Å²) in [4.78, 5) is 0. The van der Waals surface area contributed by atoms with E-state index in [0.717, 1.165) is 23.7 Å². The van der Waals surface area contributed by atoms with Crippen LogP contribution in [0.3, 0.4) is 0 Å². The molecule has 0 radical (unpaired) electrons. The van der Waals surface area contributed by atoms with E-state index in [2.05, 4.69) is 62.0 Å². The normalized spacial score (nSPS) is 22.1. The molecule has 0 nitrogen and oxygen atoms in total. The molecule has 0 aromatic rings. The molecule has 2 rings (SSSR count). The van der Waals surface area contributed by atoms with Crippen LogP contribution in [0.5, 0.6) is 0 Å². The minimum atomic E-state index is 0.919. The molecule has 0 heterocycles. The van der Waals surface area contributed by atoms with E-state index in [1.165, 1.54) is 70.6 Å². The van der Waals surface area contributed by atoms with Gasteiger partial charge in [0.25, 0.3) is 0 Å². The van der Waals surface area contributed by atoms with Crippen LogP contribution in [-0.2, 0) is 0 Å². The zero-order valence-electron chi connectivity index (χ0n) is 20.4. The van der Waals surface area contributed by atoms with Crippen molar-refractivity contribution in [2.45, 2.75) is 133 Å². The zero-order valence-corrected chi connectivity index (χ0v) is 20.4. The molecule has 26 heavy (non-hydrogen) atoms. The zero-order chi connectivity index (χ0) is 20.8. The largest absolute Gasteiger partial charge is 0.103 e. The van der Waals surface area contributed by atoms with Crippen molar-refractivity contribution in [3.05, 3.63) is 12.7 Å². The molecule has 2 fully saturated rings. The van der Waals surface area contributed by atoms with Crippen LogP contribution in [0.4, 0.5) is 0 Å². The molecule has 0 aliphatic heterocycles. The van der Waals surface area contributed by atoms with E-state index in [0.29, 0.717) is 0 Å². The fourth-order valence-electron chi connectivity index (χ4n) is 3.39. The van der Waals surface area contributed by atoms with Crippen molar-refractivity contribution in [3.8, 4) is 0 Å². The van der Waals surface area contributed by atoms with E-state index in [1.807, 2.05) is 6.92 Å². The van der Waals surface area contributed by atoms with E-state index >= 15 is 0 Å². The van der Waals surface area contributed by atoms with E-state index in [-0.39, 0.29) is 0 Å². The molecule has 2 aliphatic rings. The van der Waals surface area contributed by atoms with Gasteiger partial charge < -0.3 is 0 Å². The van der Waals surface area contributed by atoms with Gasteiger partial charge in [-0.3, -0.25) is 0 Å². The molecular weight excluding hydrogens is 312 g/mol. The summed E-state index contributed by atoms with van der Waals surface area (Å²) in [7, 11) is 0. The van der Waals surface area contributed by atoms with Crippen LogP contribution < -0.4 is 0 Å². The van der Waals surface area contributed by atoms with Gasteiger partial charge in [-0.15, -0.1) is 6.58 Å². The summed E-state index contributed by atoms with van der Waals surface area (Å²) in [6.45, 7) is 23.2. The molecule has 0 N–H and O–H groups in total. The Balaban J connectivity index is -0.000000288. The third-order valence-corrected chi connectivity index (χ3v) is 4.81. The third kappa shape index (κ3) is 26.0. The van der Waals surface area contributed by atoms with E-state index in [4.69, 9.17) is 0 Å². The highest BCUT2D eigenvalue weighted by Crippen LogP contribution is 2.32. The fourth-order valence-corrected chi connectivity index (χ4v) is 3.39. The Morgan fingerprint density at radius 2 is 1.15 bits per heavy atom. The molecule has 0 aromatic heterocycles. The molecule has 2 aliphatic carbocycles. The van der Waals surface area contributed by atoms with Gasteiger partial charge in [0, 0.05) is 0 Å². The van der Waals surface area contributed by atoms with E-state index in [9.17, 15) is 0 Å². The second-order valence-electron chi connectivity index (χ2n) is 8.84. The average molecular weight is 369 g/mol. The Morgan fingerprint density at radius 1 is 0.769 bits per heavy atom. The lowest BCUT2D eigenvalue weighted by atomic mass is 9.77. The third-order valence-electron chi connectivity index (χ3n) is 4.81. The van der Waals surface area contributed by atoms with Crippen molar-refractivity contribution in [2.75, 3.05) is 0 Å². The first-order valence-electron chi connectivity index (χ1n) is 11.9. The van der Waals surface area contributed by atoms with E-state index < -0.39 is 0 Å². The fraction of sp³-hybridized carbons (Fsp3) is 0.923. The molecule has 0 heteroatoms. The van der Waals surface area contributed by atoms with Crippen molar-refractivity contribution in [1.29, 1.82) is 0 Å². The summed E-state index contributed by atoms with van der Waals surface area (Å²) >= 11 is 0.